The van der Waals surface area contributed by atoms with E-state index in [-0.39, 0.29) is 0 Å². The summed E-state index contributed by atoms with van der Waals surface area (Å²) in [5.41, 5.74) is 3.02. The van der Waals surface area contributed by atoms with Crippen LogP contribution in [0.2, 0.25) is 0 Å². The van der Waals surface area contributed by atoms with Gasteiger partial charge in [0.1, 0.15) is 0 Å². The van der Waals surface area contributed by atoms with E-state index in [0.717, 1.165) is 5.92 Å². The normalized spacial score (nSPS) is 14.7. The van der Waals surface area contributed by atoms with Crippen molar-refractivity contribution in [1.29, 1.82) is 0 Å². The zero-order valence-corrected chi connectivity index (χ0v) is 10.6. The SMILES string of the molecule is CC.CC(C)c1cccc(CC2CC2)c1. The molecule has 0 bridgehead atoms. The first kappa shape index (κ1) is 12.3. The third-order valence-electron chi connectivity index (χ3n) is 2.84. The Labute approximate surface area is 94.7 Å². The highest BCUT2D eigenvalue weighted by Crippen LogP contribution is 2.33. The van der Waals surface area contributed by atoms with Crippen molar-refractivity contribution < 1.29 is 0 Å². The van der Waals surface area contributed by atoms with Crippen molar-refractivity contribution in [3.8, 4) is 0 Å². The molecule has 84 valence electrons. The maximum absolute atomic E-state index is 2.38. The quantitative estimate of drug-likeness (QED) is 0.664. The van der Waals surface area contributed by atoms with Crippen molar-refractivity contribution in [1.82, 2.24) is 0 Å². The molecule has 0 N–H and O–H groups in total. The highest BCUT2D eigenvalue weighted by atomic mass is 14.3. The Kier molecular flexibility index (Phi) is 4.87. The highest BCUT2D eigenvalue weighted by Gasteiger charge is 2.21. The molecule has 0 amide bonds. The van der Waals surface area contributed by atoms with Crippen LogP contribution in [-0.4, -0.2) is 0 Å². The van der Waals surface area contributed by atoms with Crippen LogP contribution in [0, 0.1) is 5.92 Å². The Morgan fingerprint density at radius 3 is 2.40 bits per heavy atom. The minimum Gasteiger partial charge on any atom is -0.0683 e. The lowest BCUT2D eigenvalue weighted by Gasteiger charge is -2.07. The third-order valence-corrected chi connectivity index (χ3v) is 2.84. The maximum Gasteiger partial charge on any atom is -0.0219 e. The van der Waals surface area contributed by atoms with Crippen LogP contribution in [0.5, 0.6) is 0 Å². The average Bonchev–Trinajstić information content (AvgIpc) is 3.05. The van der Waals surface area contributed by atoms with Gasteiger partial charge in [-0.3, -0.25) is 0 Å². The molecule has 0 heteroatoms. The Balaban J connectivity index is 0.000000531. The van der Waals surface area contributed by atoms with E-state index >= 15 is 0 Å². The summed E-state index contributed by atoms with van der Waals surface area (Å²) >= 11 is 0. The number of hydrogen-bond donors (Lipinski definition) is 0. The van der Waals surface area contributed by atoms with Gasteiger partial charge in [-0.1, -0.05) is 52.0 Å². The zero-order valence-electron chi connectivity index (χ0n) is 10.6. The minimum atomic E-state index is 0.666. The number of hydrogen-bond acceptors (Lipinski definition) is 0. The molecule has 1 aromatic rings. The molecular weight excluding hydrogens is 180 g/mol. The van der Waals surface area contributed by atoms with Gasteiger partial charge >= 0.3 is 0 Å². The molecule has 1 aliphatic carbocycles. The van der Waals surface area contributed by atoms with Gasteiger partial charge in [0.25, 0.3) is 0 Å². The fourth-order valence-corrected chi connectivity index (χ4v) is 1.73. The summed E-state index contributed by atoms with van der Waals surface area (Å²) in [4.78, 5) is 0. The number of benzene rings is 1. The van der Waals surface area contributed by atoms with Crippen LogP contribution in [0.15, 0.2) is 24.3 Å². The van der Waals surface area contributed by atoms with Crippen LogP contribution in [0.4, 0.5) is 0 Å². The van der Waals surface area contributed by atoms with E-state index in [1.165, 1.54) is 30.4 Å². The third kappa shape index (κ3) is 4.07. The fourth-order valence-electron chi connectivity index (χ4n) is 1.73. The molecule has 0 aromatic heterocycles. The van der Waals surface area contributed by atoms with Gasteiger partial charge in [-0.25, -0.2) is 0 Å². The van der Waals surface area contributed by atoms with Crippen LogP contribution in [-0.2, 0) is 6.42 Å². The van der Waals surface area contributed by atoms with E-state index in [4.69, 9.17) is 0 Å². The Morgan fingerprint density at radius 1 is 1.20 bits per heavy atom. The first-order valence-electron chi connectivity index (χ1n) is 6.34. The zero-order chi connectivity index (χ0) is 11.3. The summed E-state index contributed by atoms with van der Waals surface area (Å²) < 4.78 is 0. The average molecular weight is 204 g/mol. The molecule has 15 heavy (non-hydrogen) atoms. The van der Waals surface area contributed by atoms with E-state index in [2.05, 4.69) is 38.1 Å². The summed E-state index contributed by atoms with van der Waals surface area (Å²) in [6.45, 7) is 8.52. The lowest BCUT2D eigenvalue weighted by atomic mass is 9.99. The van der Waals surface area contributed by atoms with Crippen molar-refractivity contribution in [3.05, 3.63) is 35.4 Å². The van der Waals surface area contributed by atoms with Crippen LogP contribution in [0.1, 0.15) is 57.6 Å². The summed E-state index contributed by atoms with van der Waals surface area (Å²) in [5, 5.41) is 0. The van der Waals surface area contributed by atoms with E-state index in [9.17, 15) is 0 Å². The highest BCUT2D eigenvalue weighted by molar-refractivity contribution is 5.26. The second-order valence-electron chi connectivity index (χ2n) is 4.55. The van der Waals surface area contributed by atoms with Gasteiger partial charge in [-0.05, 0) is 42.2 Å². The molecule has 0 saturated heterocycles. The van der Waals surface area contributed by atoms with E-state index in [1.54, 1.807) is 0 Å². The largest absolute Gasteiger partial charge is 0.0683 e. The van der Waals surface area contributed by atoms with Crippen molar-refractivity contribution in [2.45, 2.75) is 52.9 Å². The smallest absolute Gasteiger partial charge is 0.0219 e. The van der Waals surface area contributed by atoms with E-state index in [0.29, 0.717) is 5.92 Å². The lowest BCUT2D eigenvalue weighted by Crippen LogP contribution is -1.91. The molecule has 0 aliphatic heterocycles. The monoisotopic (exact) mass is 204 g/mol. The Morgan fingerprint density at radius 2 is 1.87 bits per heavy atom. The molecule has 0 spiro atoms. The van der Waals surface area contributed by atoms with Gasteiger partial charge < -0.3 is 0 Å². The topological polar surface area (TPSA) is 0 Å². The minimum absolute atomic E-state index is 0.666. The second-order valence-corrected chi connectivity index (χ2v) is 4.55. The first-order chi connectivity index (χ1) is 7.25. The molecule has 1 aromatic carbocycles. The molecule has 0 atom stereocenters. The first-order valence-corrected chi connectivity index (χ1v) is 6.34. The van der Waals surface area contributed by atoms with Gasteiger partial charge in [0.05, 0.1) is 0 Å². The summed E-state index contributed by atoms with van der Waals surface area (Å²) in [6.07, 6.45) is 4.21. The summed E-state index contributed by atoms with van der Waals surface area (Å²) in [5.74, 6) is 1.67. The summed E-state index contributed by atoms with van der Waals surface area (Å²) in [7, 11) is 0. The maximum atomic E-state index is 2.38. The Bertz CT molecular complexity index is 282. The van der Waals surface area contributed by atoms with Crippen LogP contribution in [0.3, 0.4) is 0 Å². The molecule has 1 aliphatic rings. The standard InChI is InChI=1S/C13H18.C2H6/c1-10(2)13-5-3-4-12(9-13)8-11-6-7-11;1-2/h3-5,9-11H,6-8H2,1-2H3;1-2H3. The fraction of sp³-hybridized carbons (Fsp3) is 0.600. The van der Waals surface area contributed by atoms with Crippen LogP contribution in [0.25, 0.3) is 0 Å². The van der Waals surface area contributed by atoms with Crippen molar-refractivity contribution >= 4 is 0 Å². The molecule has 1 saturated carbocycles. The second kappa shape index (κ2) is 5.95. The van der Waals surface area contributed by atoms with Crippen LogP contribution >= 0.6 is 0 Å². The van der Waals surface area contributed by atoms with Gasteiger partial charge in [0.15, 0.2) is 0 Å². The molecule has 0 unspecified atom stereocenters. The predicted octanol–water partition coefficient (Wildman–Crippen LogP) is 4.79. The van der Waals surface area contributed by atoms with Crippen molar-refractivity contribution in [2.75, 3.05) is 0 Å². The van der Waals surface area contributed by atoms with Gasteiger partial charge in [-0.15, -0.1) is 0 Å². The van der Waals surface area contributed by atoms with Gasteiger partial charge in [0, 0.05) is 0 Å². The summed E-state index contributed by atoms with van der Waals surface area (Å²) in [6, 6.07) is 9.08. The van der Waals surface area contributed by atoms with E-state index < -0.39 is 0 Å². The number of rotatable bonds is 3. The molecule has 2 rings (SSSR count). The Hall–Kier alpha value is -0.780. The lowest BCUT2D eigenvalue weighted by molar-refractivity contribution is 0.818. The van der Waals surface area contributed by atoms with Gasteiger partial charge in [-0.2, -0.15) is 0 Å². The van der Waals surface area contributed by atoms with Crippen molar-refractivity contribution in [2.24, 2.45) is 5.92 Å². The predicted molar refractivity (Wildman–Crippen MR) is 68.3 cm³/mol. The molecule has 1 fully saturated rings. The molecular formula is C15H24. The van der Waals surface area contributed by atoms with Crippen molar-refractivity contribution in [3.63, 3.8) is 0 Å². The molecule has 0 heterocycles. The molecule has 0 nitrogen and oxygen atoms in total. The molecule has 0 radical (unpaired) electrons. The van der Waals surface area contributed by atoms with Crippen LogP contribution < -0.4 is 0 Å². The van der Waals surface area contributed by atoms with E-state index in [1.807, 2.05) is 13.8 Å². The van der Waals surface area contributed by atoms with Gasteiger partial charge in [0.2, 0.25) is 0 Å².